The van der Waals surface area contributed by atoms with Gasteiger partial charge in [-0.25, -0.2) is 0 Å². The molecule has 0 amide bonds. The number of hydrogen-bond acceptors (Lipinski definition) is 1. The number of nitrogens with zero attached hydrogens (tertiary/aromatic N) is 1. The van der Waals surface area contributed by atoms with Crippen LogP contribution in [-0.2, 0) is 12.0 Å². The van der Waals surface area contributed by atoms with Crippen LogP contribution in [0.2, 0.25) is 0 Å². The highest BCUT2D eigenvalue weighted by atomic mass is 16.1. The zero-order valence-electron chi connectivity index (χ0n) is 10.4. The molecule has 3 nitrogen and oxygen atoms in total. The average Bonchev–Trinajstić information content (AvgIpc) is 2.42. The highest BCUT2D eigenvalue weighted by molar-refractivity contribution is 5.10. The summed E-state index contributed by atoms with van der Waals surface area (Å²) in [4.78, 5) is 11.6. The van der Waals surface area contributed by atoms with E-state index in [0.717, 1.165) is 18.7 Å². The van der Waals surface area contributed by atoms with Crippen molar-refractivity contribution in [1.29, 1.82) is 0 Å². The maximum Gasteiger partial charge on any atom is 0.266 e. The Balaban J connectivity index is 2.83. The molecule has 0 aromatic carbocycles. The van der Waals surface area contributed by atoms with E-state index in [-0.39, 0.29) is 11.0 Å². The minimum Gasteiger partial charge on any atom is -0.299 e. The number of aromatic amines is 1. The van der Waals surface area contributed by atoms with Crippen molar-refractivity contribution in [3.63, 3.8) is 0 Å². The fourth-order valence-corrected chi connectivity index (χ4v) is 1.37. The SMILES string of the molecule is CC(C)CCn1[nH]c(C(C)(C)C)cc1=O. The van der Waals surface area contributed by atoms with Gasteiger partial charge >= 0.3 is 0 Å². The topological polar surface area (TPSA) is 37.8 Å². The van der Waals surface area contributed by atoms with E-state index in [1.165, 1.54) is 0 Å². The minimum absolute atomic E-state index is 0.0161. The number of aryl methyl sites for hydroxylation is 1. The summed E-state index contributed by atoms with van der Waals surface area (Å²) in [7, 11) is 0. The third-order valence-electron chi connectivity index (χ3n) is 2.53. The summed E-state index contributed by atoms with van der Waals surface area (Å²) >= 11 is 0. The Morgan fingerprint density at radius 3 is 2.40 bits per heavy atom. The maximum absolute atomic E-state index is 11.6. The molecule has 0 aliphatic heterocycles. The molecule has 0 aliphatic rings. The first kappa shape index (κ1) is 12.1. The van der Waals surface area contributed by atoms with E-state index in [2.05, 4.69) is 39.7 Å². The molecule has 1 rings (SSSR count). The minimum atomic E-state index is 0.0161. The highest BCUT2D eigenvalue weighted by Gasteiger charge is 2.17. The summed E-state index contributed by atoms with van der Waals surface area (Å²) in [5.41, 5.74) is 1.11. The number of nitrogens with one attached hydrogen (secondary N) is 1. The highest BCUT2D eigenvalue weighted by Crippen LogP contribution is 2.18. The molecule has 1 aromatic rings. The van der Waals surface area contributed by atoms with Gasteiger partial charge in [0.2, 0.25) is 0 Å². The van der Waals surface area contributed by atoms with Crippen LogP contribution < -0.4 is 5.56 Å². The quantitative estimate of drug-likeness (QED) is 0.818. The lowest BCUT2D eigenvalue weighted by atomic mass is 9.93. The first-order valence-electron chi connectivity index (χ1n) is 5.61. The van der Waals surface area contributed by atoms with E-state index in [4.69, 9.17) is 0 Å². The van der Waals surface area contributed by atoms with Crippen LogP contribution in [-0.4, -0.2) is 9.78 Å². The normalized spacial score (nSPS) is 12.4. The molecule has 0 unspecified atom stereocenters. The van der Waals surface area contributed by atoms with Gasteiger partial charge in [-0.05, 0) is 12.3 Å². The first-order chi connectivity index (χ1) is 6.80. The molecule has 0 atom stereocenters. The van der Waals surface area contributed by atoms with Crippen LogP contribution in [0.4, 0.5) is 0 Å². The van der Waals surface area contributed by atoms with E-state index < -0.39 is 0 Å². The molecule has 1 N–H and O–H groups in total. The zero-order valence-corrected chi connectivity index (χ0v) is 10.4. The molecule has 15 heavy (non-hydrogen) atoms. The maximum atomic E-state index is 11.6. The van der Waals surface area contributed by atoms with E-state index in [1.54, 1.807) is 10.7 Å². The number of rotatable bonds is 3. The molecule has 0 saturated carbocycles. The Labute approximate surface area is 91.5 Å². The van der Waals surface area contributed by atoms with Gasteiger partial charge in [0.25, 0.3) is 5.56 Å². The van der Waals surface area contributed by atoms with Gasteiger partial charge in [-0.1, -0.05) is 34.6 Å². The van der Waals surface area contributed by atoms with Gasteiger partial charge in [0, 0.05) is 23.7 Å². The Morgan fingerprint density at radius 1 is 1.40 bits per heavy atom. The van der Waals surface area contributed by atoms with Crippen molar-refractivity contribution >= 4 is 0 Å². The first-order valence-corrected chi connectivity index (χ1v) is 5.61. The third kappa shape index (κ3) is 3.26. The lowest BCUT2D eigenvalue weighted by Crippen LogP contribution is -2.17. The predicted molar refractivity (Wildman–Crippen MR) is 63.2 cm³/mol. The predicted octanol–water partition coefficient (Wildman–Crippen LogP) is 2.52. The molecular formula is C12H22N2O. The lowest BCUT2D eigenvalue weighted by molar-refractivity contribution is 0.465. The van der Waals surface area contributed by atoms with Gasteiger partial charge in [-0.2, -0.15) is 0 Å². The number of H-pyrrole nitrogens is 1. The van der Waals surface area contributed by atoms with Gasteiger partial charge in [0.1, 0.15) is 0 Å². The molecule has 0 radical (unpaired) electrons. The molecule has 0 saturated heterocycles. The van der Waals surface area contributed by atoms with Crippen LogP contribution in [0.5, 0.6) is 0 Å². The van der Waals surface area contributed by atoms with Crippen molar-refractivity contribution in [1.82, 2.24) is 9.78 Å². The summed E-state index contributed by atoms with van der Waals surface area (Å²) in [5.74, 6) is 0.623. The van der Waals surface area contributed by atoms with Crippen LogP contribution in [0, 0.1) is 5.92 Å². The Bertz CT molecular complexity index is 366. The van der Waals surface area contributed by atoms with Crippen LogP contribution in [0.1, 0.15) is 46.7 Å². The second kappa shape index (κ2) is 4.25. The Morgan fingerprint density at radius 2 is 2.00 bits per heavy atom. The molecule has 0 fully saturated rings. The largest absolute Gasteiger partial charge is 0.299 e. The lowest BCUT2D eigenvalue weighted by Gasteiger charge is -2.15. The summed E-state index contributed by atoms with van der Waals surface area (Å²) in [6.07, 6.45) is 1.03. The van der Waals surface area contributed by atoms with Gasteiger partial charge in [-0.15, -0.1) is 0 Å². The van der Waals surface area contributed by atoms with Crippen molar-refractivity contribution in [3.05, 3.63) is 22.1 Å². The smallest absolute Gasteiger partial charge is 0.266 e. The molecule has 0 aliphatic carbocycles. The van der Waals surface area contributed by atoms with Gasteiger partial charge in [0.05, 0.1) is 0 Å². The van der Waals surface area contributed by atoms with Crippen molar-refractivity contribution in [3.8, 4) is 0 Å². The summed E-state index contributed by atoms with van der Waals surface area (Å²) in [6.45, 7) is 11.4. The molecule has 1 aromatic heterocycles. The molecule has 86 valence electrons. The summed E-state index contributed by atoms with van der Waals surface area (Å²) < 4.78 is 1.71. The van der Waals surface area contributed by atoms with Crippen LogP contribution in [0.15, 0.2) is 10.9 Å². The van der Waals surface area contributed by atoms with E-state index in [9.17, 15) is 4.79 Å². The standard InChI is InChI=1S/C12H22N2O/c1-9(2)6-7-14-11(15)8-10(13-14)12(3,4)5/h8-9,13H,6-7H2,1-5H3. The van der Waals surface area contributed by atoms with Crippen molar-refractivity contribution in [2.75, 3.05) is 0 Å². The average molecular weight is 210 g/mol. The van der Waals surface area contributed by atoms with Gasteiger partial charge in [0.15, 0.2) is 0 Å². The van der Waals surface area contributed by atoms with Crippen molar-refractivity contribution < 1.29 is 0 Å². The van der Waals surface area contributed by atoms with Gasteiger partial charge < -0.3 is 0 Å². The molecule has 0 spiro atoms. The third-order valence-corrected chi connectivity index (χ3v) is 2.53. The van der Waals surface area contributed by atoms with E-state index in [0.29, 0.717) is 5.92 Å². The van der Waals surface area contributed by atoms with E-state index in [1.807, 2.05) is 0 Å². The monoisotopic (exact) mass is 210 g/mol. The molecule has 0 bridgehead atoms. The van der Waals surface area contributed by atoms with Crippen LogP contribution in [0.3, 0.4) is 0 Å². The fraction of sp³-hybridized carbons (Fsp3) is 0.750. The number of aromatic nitrogens is 2. The van der Waals surface area contributed by atoms with E-state index >= 15 is 0 Å². The second-order valence-electron chi connectivity index (χ2n) is 5.59. The molecular weight excluding hydrogens is 188 g/mol. The molecule has 3 heteroatoms. The second-order valence-corrected chi connectivity index (χ2v) is 5.59. The van der Waals surface area contributed by atoms with Gasteiger partial charge in [-0.3, -0.25) is 14.6 Å². The Kier molecular flexibility index (Phi) is 3.42. The summed E-state index contributed by atoms with van der Waals surface area (Å²) in [6, 6.07) is 1.71. The van der Waals surface area contributed by atoms with Crippen molar-refractivity contribution in [2.45, 2.75) is 53.0 Å². The molecule has 1 heterocycles. The zero-order chi connectivity index (χ0) is 11.6. The van der Waals surface area contributed by atoms with Crippen LogP contribution in [0.25, 0.3) is 0 Å². The fourth-order valence-electron chi connectivity index (χ4n) is 1.37. The van der Waals surface area contributed by atoms with Crippen molar-refractivity contribution in [2.24, 2.45) is 5.92 Å². The Hall–Kier alpha value is -0.990. The van der Waals surface area contributed by atoms with Crippen LogP contribution >= 0.6 is 0 Å². The number of hydrogen-bond donors (Lipinski definition) is 1. The summed E-state index contributed by atoms with van der Waals surface area (Å²) in [5, 5.41) is 3.18.